The maximum Gasteiger partial charge on any atom is 0.304 e. The maximum absolute atomic E-state index is 10.6. The summed E-state index contributed by atoms with van der Waals surface area (Å²) in [5.74, 6) is 0.0694. The van der Waals surface area contributed by atoms with Crippen molar-refractivity contribution in [3.05, 3.63) is 29.8 Å². The number of rotatable bonds is 7. The zero-order valence-electron chi connectivity index (χ0n) is 11.2. The number of methoxy groups -OCH3 is 1. The van der Waals surface area contributed by atoms with Crippen LogP contribution in [0.5, 0.6) is 5.75 Å². The first kappa shape index (κ1) is 14.5. The summed E-state index contributed by atoms with van der Waals surface area (Å²) in [6.07, 6.45) is 0.169. The fourth-order valence-corrected chi connectivity index (χ4v) is 1.98. The molecule has 0 heterocycles. The number of carbonyl (C=O) groups is 1. The van der Waals surface area contributed by atoms with E-state index in [2.05, 4.69) is 11.8 Å². The molecular formula is C14H21NO3. The SMILES string of the molecule is CCN(CCC(=O)O)C(C)c1cccc(OC)c1. The Morgan fingerprint density at radius 2 is 2.22 bits per heavy atom. The lowest BCUT2D eigenvalue weighted by molar-refractivity contribution is -0.137. The molecule has 1 rings (SSSR count). The van der Waals surface area contributed by atoms with Gasteiger partial charge in [-0.25, -0.2) is 0 Å². The molecule has 1 atom stereocenters. The average Bonchev–Trinajstić information content (AvgIpc) is 2.39. The van der Waals surface area contributed by atoms with E-state index in [1.165, 1.54) is 0 Å². The van der Waals surface area contributed by atoms with Crippen molar-refractivity contribution < 1.29 is 14.6 Å². The predicted octanol–water partition coefficient (Wildman–Crippen LogP) is 2.55. The van der Waals surface area contributed by atoms with Crippen LogP contribution < -0.4 is 4.74 Å². The Kier molecular flexibility index (Phi) is 5.65. The third kappa shape index (κ3) is 4.04. The molecule has 0 aromatic heterocycles. The molecule has 1 unspecified atom stereocenters. The molecule has 1 aromatic carbocycles. The van der Waals surface area contributed by atoms with Crippen LogP contribution in [0.25, 0.3) is 0 Å². The normalized spacial score (nSPS) is 12.4. The molecule has 18 heavy (non-hydrogen) atoms. The van der Waals surface area contributed by atoms with Crippen molar-refractivity contribution in [1.29, 1.82) is 0 Å². The highest BCUT2D eigenvalue weighted by Gasteiger charge is 2.15. The zero-order valence-corrected chi connectivity index (χ0v) is 11.2. The van der Waals surface area contributed by atoms with Gasteiger partial charge in [0.1, 0.15) is 5.75 Å². The monoisotopic (exact) mass is 251 g/mol. The number of benzene rings is 1. The number of hydrogen-bond donors (Lipinski definition) is 1. The standard InChI is InChI=1S/C14H21NO3/c1-4-15(9-8-14(16)17)11(2)12-6-5-7-13(10-12)18-3/h5-7,10-11H,4,8-9H2,1-3H3,(H,16,17). The fraction of sp³-hybridized carbons (Fsp3) is 0.500. The number of aliphatic carboxylic acids is 1. The highest BCUT2D eigenvalue weighted by molar-refractivity contribution is 5.66. The van der Waals surface area contributed by atoms with Crippen molar-refractivity contribution in [3.63, 3.8) is 0 Å². The van der Waals surface area contributed by atoms with Crippen molar-refractivity contribution in [2.45, 2.75) is 26.3 Å². The Balaban J connectivity index is 2.75. The fourth-order valence-electron chi connectivity index (χ4n) is 1.98. The topological polar surface area (TPSA) is 49.8 Å². The molecule has 0 aliphatic carbocycles. The van der Waals surface area contributed by atoms with Gasteiger partial charge >= 0.3 is 5.97 Å². The van der Waals surface area contributed by atoms with Gasteiger partial charge in [-0.3, -0.25) is 9.69 Å². The van der Waals surface area contributed by atoms with E-state index in [0.29, 0.717) is 6.54 Å². The lowest BCUT2D eigenvalue weighted by Gasteiger charge is -2.27. The summed E-state index contributed by atoms with van der Waals surface area (Å²) in [5.41, 5.74) is 1.14. The van der Waals surface area contributed by atoms with Gasteiger partial charge in [0.25, 0.3) is 0 Å². The Morgan fingerprint density at radius 3 is 2.78 bits per heavy atom. The van der Waals surface area contributed by atoms with Gasteiger partial charge in [-0.05, 0) is 31.2 Å². The summed E-state index contributed by atoms with van der Waals surface area (Å²) in [6, 6.07) is 8.08. The quantitative estimate of drug-likeness (QED) is 0.809. The maximum atomic E-state index is 10.6. The number of carboxylic acid groups (broad SMARTS) is 1. The second-order valence-corrected chi connectivity index (χ2v) is 4.22. The third-order valence-corrected chi connectivity index (χ3v) is 3.14. The number of carboxylic acids is 1. The summed E-state index contributed by atoms with van der Waals surface area (Å²) in [6.45, 7) is 5.51. The molecular weight excluding hydrogens is 230 g/mol. The van der Waals surface area contributed by atoms with E-state index in [-0.39, 0.29) is 12.5 Å². The molecule has 0 spiro atoms. The third-order valence-electron chi connectivity index (χ3n) is 3.14. The molecule has 0 aliphatic heterocycles. The summed E-state index contributed by atoms with van der Waals surface area (Å²) in [4.78, 5) is 12.8. The minimum absolute atomic E-state index is 0.169. The number of nitrogens with zero attached hydrogens (tertiary/aromatic N) is 1. The highest BCUT2D eigenvalue weighted by Crippen LogP contribution is 2.23. The minimum Gasteiger partial charge on any atom is -0.497 e. The van der Waals surface area contributed by atoms with Crippen LogP contribution in [0.2, 0.25) is 0 Å². The first-order valence-corrected chi connectivity index (χ1v) is 6.18. The average molecular weight is 251 g/mol. The van der Waals surface area contributed by atoms with E-state index in [1.807, 2.05) is 31.2 Å². The van der Waals surface area contributed by atoms with Gasteiger partial charge in [-0.1, -0.05) is 19.1 Å². The Morgan fingerprint density at radius 1 is 1.50 bits per heavy atom. The van der Waals surface area contributed by atoms with E-state index in [9.17, 15) is 4.79 Å². The van der Waals surface area contributed by atoms with Crippen molar-refractivity contribution in [1.82, 2.24) is 4.90 Å². The molecule has 100 valence electrons. The number of ether oxygens (including phenoxy) is 1. The summed E-state index contributed by atoms with van der Waals surface area (Å²) in [5, 5.41) is 8.75. The van der Waals surface area contributed by atoms with E-state index in [0.717, 1.165) is 17.9 Å². The van der Waals surface area contributed by atoms with Crippen molar-refractivity contribution in [2.75, 3.05) is 20.2 Å². The number of hydrogen-bond acceptors (Lipinski definition) is 3. The smallest absolute Gasteiger partial charge is 0.304 e. The first-order chi connectivity index (χ1) is 8.58. The van der Waals surface area contributed by atoms with Crippen LogP contribution in [0.3, 0.4) is 0 Å². The molecule has 0 radical (unpaired) electrons. The van der Waals surface area contributed by atoms with E-state index < -0.39 is 5.97 Å². The molecule has 4 nitrogen and oxygen atoms in total. The highest BCUT2D eigenvalue weighted by atomic mass is 16.5. The molecule has 1 aromatic rings. The molecule has 0 aliphatic rings. The second-order valence-electron chi connectivity index (χ2n) is 4.22. The lowest BCUT2D eigenvalue weighted by atomic mass is 10.1. The van der Waals surface area contributed by atoms with E-state index in [4.69, 9.17) is 9.84 Å². The van der Waals surface area contributed by atoms with Gasteiger partial charge < -0.3 is 9.84 Å². The van der Waals surface area contributed by atoms with Crippen LogP contribution in [-0.2, 0) is 4.79 Å². The van der Waals surface area contributed by atoms with Crippen molar-refractivity contribution >= 4 is 5.97 Å². The van der Waals surface area contributed by atoms with Gasteiger partial charge in [-0.2, -0.15) is 0 Å². The van der Waals surface area contributed by atoms with Crippen LogP contribution in [-0.4, -0.2) is 36.2 Å². The largest absolute Gasteiger partial charge is 0.497 e. The minimum atomic E-state index is -0.758. The Hall–Kier alpha value is -1.55. The zero-order chi connectivity index (χ0) is 13.5. The molecule has 0 saturated heterocycles. The summed E-state index contributed by atoms with van der Waals surface area (Å²) < 4.78 is 5.20. The lowest BCUT2D eigenvalue weighted by Crippen LogP contribution is -2.29. The Labute approximate surface area is 108 Å². The summed E-state index contributed by atoms with van der Waals surface area (Å²) >= 11 is 0. The molecule has 0 saturated carbocycles. The molecule has 0 bridgehead atoms. The van der Waals surface area contributed by atoms with Crippen LogP contribution in [0.4, 0.5) is 0 Å². The predicted molar refractivity (Wildman–Crippen MR) is 70.9 cm³/mol. The van der Waals surface area contributed by atoms with E-state index in [1.54, 1.807) is 7.11 Å². The van der Waals surface area contributed by atoms with Crippen LogP contribution >= 0.6 is 0 Å². The molecule has 1 N–H and O–H groups in total. The molecule has 0 fully saturated rings. The van der Waals surface area contributed by atoms with Gasteiger partial charge in [0.05, 0.1) is 13.5 Å². The van der Waals surface area contributed by atoms with Gasteiger partial charge in [0.2, 0.25) is 0 Å². The van der Waals surface area contributed by atoms with Crippen LogP contribution in [0.1, 0.15) is 31.9 Å². The Bertz CT molecular complexity index is 392. The molecule has 0 amide bonds. The van der Waals surface area contributed by atoms with Crippen LogP contribution in [0.15, 0.2) is 24.3 Å². The van der Waals surface area contributed by atoms with Crippen molar-refractivity contribution in [2.24, 2.45) is 0 Å². The first-order valence-electron chi connectivity index (χ1n) is 6.18. The van der Waals surface area contributed by atoms with Gasteiger partial charge in [-0.15, -0.1) is 0 Å². The van der Waals surface area contributed by atoms with Gasteiger partial charge in [0.15, 0.2) is 0 Å². The van der Waals surface area contributed by atoms with E-state index >= 15 is 0 Å². The second kappa shape index (κ2) is 7.01. The van der Waals surface area contributed by atoms with Crippen LogP contribution in [0, 0.1) is 0 Å². The molecule has 4 heteroatoms. The van der Waals surface area contributed by atoms with Gasteiger partial charge in [0, 0.05) is 12.6 Å². The van der Waals surface area contributed by atoms with Crippen molar-refractivity contribution in [3.8, 4) is 5.75 Å². The summed E-state index contributed by atoms with van der Waals surface area (Å²) in [7, 11) is 1.64.